The number of nitrogens with zero attached hydrogens (tertiary/aromatic N) is 2. The number of aliphatic hydroxyl groups is 2. The molecule has 4 nitrogen and oxygen atoms in total. The van der Waals surface area contributed by atoms with E-state index in [1.165, 1.54) is 6.07 Å². The summed E-state index contributed by atoms with van der Waals surface area (Å²) in [6, 6.07) is 6.77. The van der Waals surface area contributed by atoms with Gasteiger partial charge in [-0.05, 0) is 19.4 Å². The second-order valence-electron chi connectivity index (χ2n) is 6.20. The van der Waals surface area contributed by atoms with E-state index in [1.807, 2.05) is 0 Å². The average Bonchev–Trinajstić information content (AvgIpc) is 2.48. The van der Waals surface area contributed by atoms with Gasteiger partial charge < -0.3 is 10.2 Å². The van der Waals surface area contributed by atoms with Crippen LogP contribution in [0.1, 0.15) is 31.9 Å². The molecule has 3 atom stereocenters. The highest BCUT2D eigenvalue weighted by Gasteiger charge is 2.28. The normalized spacial score (nSPS) is 23.4. The molecule has 1 aliphatic rings. The lowest BCUT2D eigenvalue weighted by Crippen LogP contribution is -2.55. The standard InChI is InChI=1S/C17H27FN2O2/c1-3-14-11-19(8-9-20(14)10-13(2)21)12-17(22)15-6-4-5-7-16(15)18/h4-7,13-14,17,21-22H,3,8-12H2,1-2H3/t13-,14+,17-/m0/s1. The van der Waals surface area contributed by atoms with E-state index >= 15 is 0 Å². The zero-order chi connectivity index (χ0) is 16.1. The summed E-state index contributed by atoms with van der Waals surface area (Å²) in [5.74, 6) is -0.352. The summed E-state index contributed by atoms with van der Waals surface area (Å²) in [4.78, 5) is 4.49. The molecular formula is C17H27FN2O2. The zero-order valence-electron chi connectivity index (χ0n) is 13.5. The summed E-state index contributed by atoms with van der Waals surface area (Å²) in [7, 11) is 0. The van der Waals surface area contributed by atoms with Crippen molar-refractivity contribution in [3.8, 4) is 0 Å². The maximum Gasteiger partial charge on any atom is 0.129 e. The van der Waals surface area contributed by atoms with E-state index in [-0.39, 0.29) is 11.9 Å². The lowest BCUT2D eigenvalue weighted by Gasteiger charge is -2.42. The third kappa shape index (κ3) is 4.49. The van der Waals surface area contributed by atoms with Crippen LogP contribution in [0.3, 0.4) is 0 Å². The van der Waals surface area contributed by atoms with Crippen molar-refractivity contribution >= 4 is 0 Å². The van der Waals surface area contributed by atoms with Crippen LogP contribution in [0.15, 0.2) is 24.3 Å². The lowest BCUT2D eigenvalue weighted by molar-refractivity contribution is 0.0165. The van der Waals surface area contributed by atoms with E-state index in [1.54, 1.807) is 25.1 Å². The minimum Gasteiger partial charge on any atom is -0.392 e. The van der Waals surface area contributed by atoms with Gasteiger partial charge in [0.2, 0.25) is 0 Å². The SMILES string of the molecule is CC[C@@H]1CN(C[C@H](O)c2ccccc2F)CCN1C[C@H](C)O. The molecule has 0 spiro atoms. The fourth-order valence-electron chi connectivity index (χ4n) is 3.18. The second kappa shape index (κ2) is 8.02. The quantitative estimate of drug-likeness (QED) is 0.838. The maximum absolute atomic E-state index is 13.7. The summed E-state index contributed by atoms with van der Waals surface area (Å²) >= 11 is 0. The van der Waals surface area contributed by atoms with Crippen molar-refractivity contribution in [2.24, 2.45) is 0 Å². The first-order valence-corrected chi connectivity index (χ1v) is 8.08. The maximum atomic E-state index is 13.7. The summed E-state index contributed by atoms with van der Waals surface area (Å²) in [5.41, 5.74) is 0.363. The smallest absolute Gasteiger partial charge is 0.129 e. The molecule has 2 rings (SSSR count). The van der Waals surface area contributed by atoms with Crippen LogP contribution in [0.4, 0.5) is 4.39 Å². The number of benzene rings is 1. The second-order valence-corrected chi connectivity index (χ2v) is 6.20. The number of hydrogen-bond acceptors (Lipinski definition) is 4. The number of hydrogen-bond donors (Lipinski definition) is 2. The van der Waals surface area contributed by atoms with E-state index in [0.29, 0.717) is 24.7 Å². The van der Waals surface area contributed by atoms with Gasteiger partial charge in [-0.3, -0.25) is 9.80 Å². The molecule has 0 saturated carbocycles. The average molecular weight is 310 g/mol. The van der Waals surface area contributed by atoms with Gasteiger partial charge in [0, 0.05) is 44.3 Å². The lowest BCUT2D eigenvalue weighted by atomic mass is 10.1. The van der Waals surface area contributed by atoms with Crippen LogP contribution in [0, 0.1) is 5.82 Å². The highest BCUT2D eigenvalue weighted by molar-refractivity contribution is 5.20. The first-order valence-electron chi connectivity index (χ1n) is 8.08. The molecule has 0 aromatic heterocycles. The van der Waals surface area contributed by atoms with Crippen LogP contribution in [-0.4, -0.2) is 64.9 Å². The van der Waals surface area contributed by atoms with Crippen molar-refractivity contribution in [2.75, 3.05) is 32.7 Å². The number of halogens is 1. The summed E-state index contributed by atoms with van der Waals surface area (Å²) in [6.45, 7) is 7.61. The fourth-order valence-corrected chi connectivity index (χ4v) is 3.18. The summed E-state index contributed by atoms with van der Waals surface area (Å²) in [6.07, 6.45) is -0.134. The Morgan fingerprint density at radius 3 is 2.59 bits per heavy atom. The predicted octanol–water partition coefficient (Wildman–Crippen LogP) is 1.64. The van der Waals surface area contributed by atoms with Gasteiger partial charge in [0.25, 0.3) is 0 Å². The van der Waals surface area contributed by atoms with Crippen molar-refractivity contribution in [1.82, 2.24) is 9.80 Å². The van der Waals surface area contributed by atoms with E-state index < -0.39 is 6.10 Å². The van der Waals surface area contributed by atoms with Crippen LogP contribution in [0.5, 0.6) is 0 Å². The zero-order valence-corrected chi connectivity index (χ0v) is 13.5. The molecule has 1 heterocycles. The molecule has 1 aliphatic heterocycles. The van der Waals surface area contributed by atoms with Gasteiger partial charge in [0.05, 0.1) is 12.2 Å². The fraction of sp³-hybridized carbons (Fsp3) is 0.647. The molecule has 1 aromatic carbocycles. The molecular weight excluding hydrogens is 283 g/mol. The third-order valence-corrected chi connectivity index (χ3v) is 4.35. The first kappa shape index (κ1) is 17.3. The molecule has 0 radical (unpaired) electrons. The van der Waals surface area contributed by atoms with Crippen molar-refractivity contribution in [3.63, 3.8) is 0 Å². The Morgan fingerprint density at radius 1 is 1.23 bits per heavy atom. The van der Waals surface area contributed by atoms with Gasteiger partial charge >= 0.3 is 0 Å². The van der Waals surface area contributed by atoms with Crippen LogP contribution in [-0.2, 0) is 0 Å². The number of piperazine rings is 1. The Balaban J connectivity index is 1.93. The minimum absolute atomic E-state index is 0.329. The van der Waals surface area contributed by atoms with Gasteiger partial charge in [0.15, 0.2) is 0 Å². The van der Waals surface area contributed by atoms with Gasteiger partial charge in [-0.1, -0.05) is 25.1 Å². The predicted molar refractivity (Wildman–Crippen MR) is 85.1 cm³/mol. The van der Waals surface area contributed by atoms with Gasteiger partial charge in [-0.15, -0.1) is 0 Å². The van der Waals surface area contributed by atoms with Gasteiger partial charge in [0.1, 0.15) is 5.82 Å². The number of rotatable bonds is 6. The van der Waals surface area contributed by atoms with E-state index in [9.17, 15) is 14.6 Å². The van der Waals surface area contributed by atoms with Crippen molar-refractivity contribution in [1.29, 1.82) is 0 Å². The molecule has 0 amide bonds. The highest BCUT2D eigenvalue weighted by atomic mass is 19.1. The minimum atomic E-state index is -0.804. The molecule has 1 saturated heterocycles. The van der Waals surface area contributed by atoms with Crippen molar-refractivity contribution in [2.45, 2.75) is 38.5 Å². The molecule has 0 bridgehead atoms. The van der Waals surface area contributed by atoms with Crippen LogP contribution in [0.2, 0.25) is 0 Å². The molecule has 5 heteroatoms. The Bertz CT molecular complexity index is 470. The highest BCUT2D eigenvalue weighted by Crippen LogP contribution is 2.20. The summed E-state index contributed by atoms with van der Waals surface area (Å²) < 4.78 is 13.7. The Kier molecular flexibility index (Phi) is 6.32. The van der Waals surface area contributed by atoms with Crippen molar-refractivity contribution < 1.29 is 14.6 Å². The molecule has 2 N–H and O–H groups in total. The molecule has 22 heavy (non-hydrogen) atoms. The topological polar surface area (TPSA) is 46.9 Å². The van der Waals surface area contributed by atoms with Gasteiger partial charge in [-0.25, -0.2) is 4.39 Å². The molecule has 0 unspecified atom stereocenters. The van der Waals surface area contributed by atoms with Crippen LogP contribution in [0.25, 0.3) is 0 Å². The first-order chi connectivity index (χ1) is 10.5. The van der Waals surface area contributed by atoms with Crippen LogP contribution >= 0.6 is 0 Å². The molecule has 124 valence electrons. The van der Waals surface area contributed by atoms with E-state index in [2.05, 4.69) is 16.7 Å². The Morgan fingerprint density at radius 2 is 1.95 bits per heavy atom. The Labute approximate surface area is 132 Å². The summed E-state index contributed by atoms with van der Waals surface area (Å²) in [5, 5.41) is 19.9. The van der Waals surface area contributed by atoms with E-state index in [0.717, 1.165) is 26.1 Å². The molecule has 1 aromatic rings. The Hall–Kier alpha value is -1.01. The molecule has 0 aliphatic carbocycles. The molecule has 1 fully saturated rings. The van der Waals surface area contributed by atoms with Crippen molar-refractivity contribution in [3.05, 3.63) is 35.6 Å². The number of β-amino-alcohol motifs (C(OH)–C–C–N with tert-alkyl or cyclic N) is 2. The van der Waals surface area contributed by atoms with Crippen LogP contribution < -0.4 is 0 Å². The van der Waals surface area contributed by atoms with E-state index in [4.69, 9.17) is 0 Å². The number of aliphatic hydroxyl groups excluding tert-OH is 2. The van der Waals surface area contributed by atoms with Gasteiger partial charge in [-0.2, -0.15) is 0 Å². The third-order valence-electron chi connectivity index (χ3n) is 4.35. The monoisotopic (exact) mass is 310 g/mol. The largest absolute Gasteiger partial charge is 0.392 e.